The minimum Gasteiger partial charge on any atom is -0.481 e. The van der Waals surface area contributed by atoms with E-state index in [9.17, 15) is 24.9 Å². The summed E-state index contributed by atoms with van der Waals surface area (Å²) < 4.78 is 0. The Morgan fingerprint density at radius 2 is 1.21 bits per heavy atom. The zero-order chi connectivity index (χ0) is 21.3. The standard InChI is InChI=1S/C23H28O6/c24-16-22(17-25,13-7-12-20(26)27)14-15-23(21(28)29,18-8-3-1-4-9-18)19-10-5-2-6-11-19/h1-6,8-11,24-25H,7,12-17H2,(H,26,27)(H,28,29). The van der Waals surface area contributed by atoms with Crippen LogP contribution in [0.1, 0.15) is 43.2 Å². The molecule has 0 atom stereocenters. The van der Waals surface area contributed by atoms with Crippen LogP contribution in [0.4, 0.5) is 0 Å². The molecule has 2 rings (SSSR count). The van der Waals surface area contributed by atoms with Gasteiger partial charge in [0.15, 0.2) is 0 Å². The van der Waals surface area contributed by atoms with Gasteiger partial charge in [-0.3, -0.25) is 9.59 Å². The maximum absolute atomic E-state index is 12.6. The molecule has 0 fully saturated rings. The molecule has 29 heavy (non-hydrogen) atoms. The molecular weight excluding hydrogens is 372 g/mol. The minimum absolute atomic E-state index is 0.0663. The summed E-state index contributed by atoms with van der Waals surface area (Å²) in [6, 6.07) is 17.9. The molecule has 156 valence electrons. The zero-order valence-electron chi connectivity index (χ0n) is 16.3. The molecule has 4 N–H and O–H groups in total. The van der Waals surface area contributed by atoms with E-state index in [2.05, 4.69) is 0 Å². The van der Waals surface area contributed by atoms with E-state index >= 15 is 0 Å². The lowest BCUT2D eigenvalue weighted by molar-refractivity contribution is -0.143. The minimum atomic E-state index is -1.34. The predicted molar refractivity (Wildman–Crippen MR) is 109 cm³/mol. The number of aliphatic hydroxyl groups excluding tert-OH is 2. The van der Waals surface area contributed by atoms with Gasteiger partial charge in [-0.1, -0.05) is 60.7 Å². The molecule has 0 unspecified atom stereocenters. The molecule has 2 aromatic rings. The number of carbonyl (C=O) groups is 2. The Labute approximate surface area is 170 Å². The highest BCUT2D eigenvalue weighted by atomic mass is 16.4. The molecule has 0 spiro atoms. The van der Waals surface area contributed by atoms with E-state index in [1.807, 2.05) is 12.1 Å². The zero-order valence-corrected chi connectivity index (χ0v) is 16.3. The fourth-order valence-corrected chi connectivity index (χ4v) is 3.81. The van der Waals surface area contributed by atoms with Crippen molar-refractivity contribution in [2.45, 2.75) is 37.5 Å². The SMILES string of the molecule is O=C(O)CCCC(CO)(CO)CCC(C(=O)O)(c1ccccc1)c1ccccc1. The first-order chi connectivity index (χ1) is 13.9. The third-order valence-electron chi connectivity index (χ3n) is 5.70. The fourth-order valence-electron chi connectivity index (χ4n) is 3.81. The van der Waals surface area contributed by atoms with Gasteiger partial charge in [-0.25, -0.2) is 0 Å². The van der Waals surface area contributed by atoms with Gasteiger partial charge in [0.25, 0.3) is 0 Å². The van der Waals surface area contributed by atoms with E-state index in [-0.39, 0.29) is 32.5 Å². The summed E-state index contributed by atoms with van der Waals surface area (Å²) in [5.41, 5.74) is -1.05. The van der Waals surface area contributed by atoms with Crippen molar-refractivity contribution in [1.82, 2.24) is 0 Å². The van der Waals surface area contributed by atoms with Crippen molar-refractivity contribution in [2.24, 2.45) is 5.41 Å². The monoisotopic (exact) mass is 400 g/mol. The fraction of sp³-hybridized carbons (Fsp3) is 0.391. The van der Waals surface area contributed by atoms with Crippen molar-refractivity contribution in [2.75, 3.05) is 13.2 Å². The van der Waals surface area contributed by atoms with Gasteiger partial charge in [-0.05, 0) is 36.8 Å². The lowest BCUT2D eigenvalue weighted by Gasteiger charge is -2.36. The molecule has 0 amide bonds. The lowest BCUT2D eigenvalue weighted by Crippen LogP contribution is -2.40. The first-order valence-corrected chi connectivity index (χ1v) is 9.68. The van der Waals surface area contributed by atoms with Crippen LogP contribution in [0.25, 0.3) is 0 Å². The van der Waals surface area contributed by atoms with Gasteiger partial charge < -0.3 is 20.4 Å². The smallest absolute Gasteiger partial charge is 0.318 e. The molecule has 6 nitrogen and oxygen atoms in total. The second kappa shape index (κ2) is 10.2. The van der Waals surface area contributed by atoms with Crippen LogP contribution >= 0.6 is 0 Å². The van der Waals surface area contributed by atoms with Crippen LogP contribution in [0.5, 0.6) is 0 Å². The lowest BCUT2D eigenvalue weighted by atomic mass is 9.67. The Kier molecular flexibility index (Phi) is 7.93. The van der Waals surface area contributed by atoms with E-state index in [0.717, 1.165) is 0 Å². The molecule has 6 heteroatoms. The normalized spacial score (nSPS) is 11.9. The first-order valence-electron chi connectivity index (χ1n) is 9.68. The molecule has 0 radical (unpaired) electrons. The van der Waals surface area contributed by atoms with Gasteiger partial charge in [0.2, 0.25) is 0 Å². The van der Waals surface area contributed by atoms with E-state index in [0.29, 0.717) is 24.0 Å². The summed E-state index contributed by atoms with van der Waals surface area (Å²) in [6.45, 7) is -0.690. The number of hydrogen-bond donors (Lipinski definition) is 4. The third kappa shape index (κ3) is 5.22. The van der Waals surface area contributed by atoms with Crippen LogP contribution in [-0.4, -0.2) is 45.6 Å². The number of carboxylic acids is 2. The molecule has 0 aliphatic heterocycles. The predicted octanol–water partition coefficient (Wildman–Crippen LogP) is 3.06. The van der Waals surface area contributed by atoms with E-state index < -0.39 is 22.8 Å². The van der Waals surface area contributed by atoms with Crippen molar-refractivity contribution >= 4 is 11.9 Å². The summed E-state index contributed by atoms with van der Waals surface area (Å²) in [6.07, 6.45) is 0.919. The van der Waals surface area contributed by atoms with Crippen molar-refractivity contribution in [3.05, 3.63) is 71.8 Å². The molecule has 0 aliphatic carbocycles. The Balaban J connectivity index is 2.41. The second-order valence-corrected chi connectivity index (χ2v) is 7.51. The van der Waals surface area contributed by atoms with Gasteiger partial charge in [-0.2, -0.15) is 0 Å². The maximum atomic E-state index is 12.6. The number of hydrogen-bond acceptors (Lipinski definition) is 4. The first kappa shape index (κ1) is 22.6. The van der Waals surface area contributed by atoms with Gasteiger partial charge in [0, 0.05) is 11.8 Å². The summed E-state index contributed by atoms with van der Waals surface area (Å²) in [5, 5.41) is 39.1. The van der Waals surface area contributed by atoms with Crippen molar-refractivity contribution in [3.8, 4) is 0 Å². The average Bonchev–Trinajstić information content (AvgIpc) is 2.74. The van der Waals surface area contributed by atoms with Crippen LogP contribution < -0.4 is 0 Å². The van der Waals surface area contributed by atoms with Crippen LogP contribution in [0.15, 0.2) is 60.7 Å². The number of rotatable bonds is 12. The number of carboxylic acid groups (broad SMARTS) is 2. The van der Waals surface area contributed by atoms with Gasteiger partial charge >= 0.3 is 11.9 Å². The van der Waals surface area contributed by atoms with E-state index in [1.54, 1.807) is 48.5 Å². The Hall–Kier alpha value is -2.70. The Morgan fingerprint density at radius 3 is 1.59 bits per heavy atom. The largest absolute Gasteiger partial charge is 0.481 e. The second-order valence-electron chi connectivity index (χ2n) is 7.51. The summed E-state index contributed by atoms with van der Waals surface area (Å²) in [5.74, 6) is -1.95. The number of benzene rings is 2. The summed E-state index contributed by atoms with van der Waals surface area (Å²) in [4.78, 5) is 23.5. The van der Waals surface area contributed by atoms with Crippen molar-refractivity contribution in [3.63, 3.8) is 0 Å². The van der Waals surface area contributed by atoms with Crippen LogP contribution in [0.2, 0.25) is 0 Å². The molecule has 2 aromatic carbocycles. The molecule has 0 saturated heterocycles. The van der Waals surface area contributed by atoms with Crippen LogP contribution in [0.3, 0.4) is 0 Å². The van der Waals surface area contributed by atoms with Crippen LogP contribution in [-0.2, 0) is 15.0 Å². The summed E-state index contributed by atoms with van der Waals surface area (Å²) in [7, 11) is 0. The maximum Gasteiger partial charge on any atom is 0.318 e. The Bertz CT molecular complexity index is 744. The quantitative estimate of drug-likeness (QED) is 0.435. The Morgan fingerprint density at radius 1 is 0.724 bits per heavy atom. The average molecular weight is 400 g/mol. The molecule has 0 aliphatic rings. The van der Waals surface area contributed by atoms with Crippen molar-refractivity contribution < 1.29 is 30.0 Å². The van der Waals surface area contributed by atoms with E-state index in [1.165, 1.54) is 0 Å². The highest BCUT2D eigenvalue weighted by Gasteiger charge is 2.44. The highest BCUT2D eigenvalue weighted by Crippen LogP contribution is 2.41. The number of aliphatic carboxylic acids is 2. The topological polar surface area (TPSA) is 115 Å². The van der Waals surface area contributed by atoms with Gasteiger partial charge in [0.1, 0.15) is 5.41 Å². The van der Waals surface area contributed by atoms with Gasteiger partial charge in [-0.15, -0.1) is 0 Å². The summed E-state index contributed by atoms with van der Waals surface area (Å²) >= 11 is 0. The molecule has 0 saturated carbocycles. The number of aliphatic hydroxyl groups is 2. The van der Waals surface area contributed by atoms with Crippen LogP contribution in [0, 0.1) is 5.41 Å². The van der Waals surface area contributed by atoms with Gasteiger partial charge in [0.05, 0.1) is 13.2 Å². The third-order valence-corrected chi connectivity index (χ3v) is 5.70. The molecule has 0 aromatic heterocycles. The molecule has 0 heterocycles. The van der Waals surface area contributed by atoms with E-state index in [4.69, 9.17) is 5.11 Å². The molecular formula is C23H28O6. The highest BCUT2D eigenvalue weighted by molar-refractivity contribution is 5.86. The van der Waals surface area contributed by atoms with Crippen molar-refractivity contribution in [1.29, 1.82) is 0 Å². The molecule has 0 bridgehead atoms.